The third kappa shape index (κ3) is 2.67. The number of rotatable bonds is 1. The number of allylic oxidation sites excluding steroid dienone is 10. The minimum Gasteiger partial charge on any atom is -0.300 e. The molecule has 2 aliphatic rings. The second-order valence-corrected chi connectivity index (χ2v) is 5.21. The summed E-state index contributed by atoms with van der Waals surface area (Å²) in [6.07, 6.45) is 11.3. The van der Waals surface area contributed by atoms with Crippen LogP contribution in [0.3, 0.4) is 0 Å². The zero-order valence-electron chi connectivity index (χ0n) is 11.8. The maximum Gasteiger partial charge on any atom is 0.129 e. The van der Waals surface area contributed by atoms with E-state index in [9.17, 15) is 4.39 Å². The molecule has 0 heterocycles. The van der Waals surface area contributed by atoms with E-state index in [-0.39, 0.29) is 11.7 Å². The van der Waals surface area contributed by atoms with E-state index < -0.39 is 0 Å². The fourth-order valence-corrected chi connectivity index (χ4v) is 2.68. The summed E-state index contributed by atoms with van der Waals surface area (Å²) in [6.45, 7) is 5.90. The van der Waals surface area contributed by atoms with Gasteiger partial charge in [0.05, 0.1) is 5.71 Å². The molecule has 1 N–H and O–H groups in total. The predicted molar refractivity (Wildman–Crippen MR) is 79.0 cm³/mol. The van der Waals surface area contributed by atoms with Crippen molar-refractivity contribution in [1.29, 1.82) is 5.41 Å². The third-order valence-electron chi connectivity index (χ3n) is 3.65. The Hall–Kier alpha value is -1.70. The third-order valence-corrected chi connectivity index (χ3v) is 3.65. The monoisotopic (exact) mass is 257 g/mol. The number of hydrogen-bond donors (Lipinski definition) is 1. The second-order valence-electron chi connectivity index (χ2n) is 5.21. The van der Waals surface area contributed by atoms with Crippen molar-refractivity contribution >= 4 is 5.71 Å². The molecule has 0 spiro atoms. The maximum atomic E-state index is 14.3. The first-order chi connectivity index (χ1) is 9.04. The van der Waals surface area contributed by atoms with E-state index in [0.717, 1.165) is 29.6 Å². The zero-order chi connectivity index (χ0) is 14.0. The Morgan fingerprint density at radius 2 is 2.16 bits per heavy atom. The SMILES string of the molecule is CCC=C1/C=C\C=C(\C)C(=N)C2=C(F)C=C(C)CC12. The number of hydrogen-bond acceptors (Lipinski definition) is 1. The summed E-state index contributed by atoms with van der Waals surface area (Å²) in [5.74, 6) is -0.263. The molecule has 0 aromatic carbocycles. The van der Waals surface area contributed by atoms with Crippen LogP contribution in [0.5, 0.6) is 0 Å². The molecule has 1 nitrogen and oxygen atoms in total. The second kappa shape index (κ2) is 5.52. The van der Waals surface area contributed by atoms with Crippen molar-refractivity contribution < 1.29 is 4.39 Å². The van der Waals surface area contributed by atoms with Crippen LogP contribution in [0.2, 0.25) is 0 Å². The van der Waals surface area contributed by atoms with Crippen molar-refractivity contribution in [2.45, 2.75) is 33.6 Å². The van der Waals surface area contributed by atoms with Gasteiger partial charge in [0.25, 0.3) is 0 Å². The Morgan fingerprint density at radius 1 is 1.42 bits per heavy atom. The molecule has 0 aromatic heterocycles. The molecule has 100 valence electrons. The Balaban J connectivity index is 2.62. The van der Waals surface area contributed by atoms with Gasteiger partial charge in [-0.25, -0.2) is 4.39 Å². The summed E-state index contributed by atoms with van der Waals surface area (Å²) in [6, 6.07) is 0. The molecular weight excluding hydrogens is 237 g/mol. The molecule has 1 unspecified atom stereocenters. The van der Waals surface area contributed by atoms with Crippen LogP contribution in [0.4, 0.5) is 4.39 Å². The van der Waals surface area contributed by atoms with Crippen molar-refractivity contribution in [3.8, 4) is 0 Å². The predicted octanol–water partition coefficient (Wildman–Crippen LogP) is 5.05. The fraction of sp³-hybridized carbons (Fsp3) is 0.353. The van der Waals surface area contributed by atoms with E-state index in [1.807, 2.05) is 26.0 Å². The lowest BCUT2D eigenvalue weighted by atomic mass is 9.77. The minimum atomic E-state index is -0.246. The first-order valence-corrected chi connectivity index (χ1v) is 6.75. The van der Waals surface area contributed by atoms with Gasteiger partial charge >= 0.3 is 0 Å². The number of nitrogens with one attached hydrogen (secondary N) is 1. The molecule has 0 fully saturated rings. The molecule has 0 amide bonds. The average Bonchev–Trinajstić information content (AvgIpc) is 2.34. The Labute approximate surface area is 114 Å². The lowest BCUT2D eigenvalue weighted by molar-refractivity contribution is 0.603. The molecule has 0 saturated heterocycles. The molecule has 2 heteroatoms. The van der Waals surface area contributed by atoms with Gasteiger partial charge in [-0.1, -0.05) is 36.8 Å². The van der Waals surface area contributed by atoms with Crippen LogP contribution in [0.25, 0.3) is 0 Å². The molecule has 0 saturated carbocycles. The number of fused-ring (bicyclic) bond motifs is 1. The molecule has 0 radical (unpaired) electrons. The van der Waals surface area contributed by atoms with Crippen LogP contribution in [0.15, 0.2) is 58.5 Å². The molecule has 2 rings (SSSR count). The van der Waals surface area contributed by atoms with Crippen molar-refractivity contribution in [1.82, 2.24) is 0 Å². The van der Waals surface area contributed by atoms with Crippen LogP contribution in [-0.2, 0) is 0 Å². The van der Waals surface area contributed by atoms with Crippen molar-refractivity contribution in [3.63, 3.8) is 0 Å². The summed E-state index contributed by atoms with van der Waals surface area (Å²) in [5.41, 5.74) is 3.85. The van der Waals surface area contributed by atoms with E-state index in [1.54, 1.807) is 6.08 Å². The Bertz CT molecular complexity index is 556. The van der Waals surface area contributed by atoms with Gasteiger partial charge in [-0.2, -0.15) is 0 Å². The largest absolute Gasteiger partial charge is 0.300 e. The van der Waals surface area contributed by atoms with Crippen molar-refractivity contribution in [2.24, 2.45) is 5.92 Å². The average molecular weight is 257 g/mol. The molecular formula is C17H20FN. The van der Waals surface area contributed by atoms with Gasteiger partial charge in [0, 0.05) is 11.5 Å². The van der Waals surface area contributed by atoms with Gasteiger partial charge in [-0.15, -0.1) is 0 Å². The normalized spacial score (nSPS) is 30.2. The van der Waals surface area contributed by atoms with Crippen LogP contribution in [-0.4, -0.2) is 5.71 Å². The Kier molecular flexibility index (Phi) is 3.98. The van der Waals surface area contributed by atoms with E-state index >= 15 is 0 Å². The minimum absolute atomic E-state index is 0.0163. The molecule has 19 heavy (non-hydrogen) atoms. The highest BCUT2D eigenvalue weighted by Gasteiger charge is 2.29. The lowest BCUT2D eigenvalue weighted by Gasteiger charge is -2.28. The van der Waals surface area contributed by atoms with Crippen LogP contribution < -0.4 is 0 Å². The highest BCUT2D eigenvalue weighted by molar-refractivity contribution is 6.11. The topological polar surface area (TPSA) is 23.9 Å². The quantitative estimate of drug-likeness (QED) is 0.679. The lowest BCUT2D eigenvalue weighted by Crippen LogP contribution is -2.20. The Morgan fingerprint density at radius 3 is 2.84 bits per heavy atom. The maximum absolute atomic E-state index is 14.3. The van der Waals surface area contributed by atoms with Gasteiger partial charge in [-0.05, 0) is 43.9 Å². The fourth-order valence-electron chi connectivity index (χ4n) is 2.68. The zero-order valence-corrected chi connectivity index (χ0v) is 11.8. The number of halogens is 1. The summed E-state index contributed by atoms with van der Waals surface area (Å²) in [5, 5.41) is 8.22. The van der Waals surface area contributed by atoms with Gasteiger partial charge in [0.15, 0.2) is 0 Å². The molecule has 0 bridgehead atoms. The first-order valence-electron chi connectivity index (χ1n) is 6.75. The van der Waals surface area contributed by atoms with E-state index in [4.69, 9.17) is 5.41 Å². The summed E-state index contributed by atoms with van der Waals surface area (Å²) >= 11 is 0. The molecule has 0 aliphatic heterocycles. The standard InChI is InChI=1S/C17H20FN/c1-4-6-13-8-5-7-12(3)17(19)16-14(13)9-11(2)10-15(16)18/h5-8,10,14,19H,4,9H2,1-3H3/b8-5-,12-7-,13-6?,19-17?. The summed E-state index contributed by atoms with van der Waals surface area (Å²) < 4.78 is 14.3. The molecule has 2 aliphatic carbocycles. The van der Waals surface area contributed by atoms with E-state index in [2.05, 4.69) is 19.1 Å². The van der Waals surface area contributed by atoms with Crippen LogP contribution in [0.1, 0.15) is 33.6 Å². The highest BCUT2D eigenvalue weighted by Crippen LogP contribution is 2.38. The highest BCUT2D eigenvalue weighted by atomic mass is 19.1. The van der Waals surface area contributed by atoms with Crippen LogP contribution in [0, 0.1) is 11.3 Å². The van der Waals surface area contributed by atoms with Crippen molar-refractivity contribution in [3.05, 3.63) is 58.5 Å². The van der Waals surface area contributed by atoms with Gasteiger partial charge in [-0.3, -0.25) is 0 Å². The van der Waals surface area contributed by atoms with Crippen LogP contribution >= 0.6 is 0 Å². The molecule has 0 aromatic rings. The molecule has 1 atom stereocenters. The van der Waals surface area contributed by atoms with E-state index in [0.29, 0.717) is 11.3 Å². The summed E-state index contributed by atoms with van der Waals surface area (Å²) in [4.78, 5) is 0. The van der Waals surface area contributed by atoms with Gasteiger partial charge in [0.2, 0.25) is 0 Å². The van der Waals surface area contributed by atoms with Gasteiger partial charge < -0.3 is 5.41 Å². The van der Waals surface area contributed by atoms with Crippen molar-refractivity contribution in [2.75, 3.05) is 0 Å². The van der Waals surface area contributed by atoms with Gasteiger partial charge in [0.1, 0.15) is 5.83 Å². The summed E-state index contributed by atoms with van der Waals surface area (Å²) in [7, 11) is 0. The smallest absolute Gasteiger partial charge is 0.129 e. The van der Waals surface area contributed by atoms with E-state index in [1.165, 1.54) is 0 Å². The first kappa shape index (κ1) is 13.7.